The Hall–Kier alpha value is -0.660. The summed E-state index contributed by atoms with van der Waals surface area (Å²) in [5.74, 6) is 0.557. The van der Waals surface area contributed by atoms with E-state index in [2.05, 4.69) is 143 Å². The molecule has 0 aromatic heterocycles. The summed E-state index contributed by atoms with van der Waals surface area (Å²) in [4.78, 5) is 0. The van der Waals surface area contributed by atoms with Crippen molar-refractivity contribution in [2.75, 3.05) is 0 Å². The minimum Gasteiger partial charge on any atom is -1.00 e. The molecule has 1 aliphatic carbocycles. The van der Waals surface area contributed by atoms with Crippen molar-refractivity contribution in [2.45, 2.75) is 92.8 Å². The van der Waals surface area contributed by atoms with E-state index < -0.39 is 8.07 Å². The van der Waals surface area contributed by atoms with Crippen LogP contribution in [0.4, 0.5) is 0 Å². The van der Waals surface area contributed by atoms with Gasteiger partial charge in [-0.2, -0.15) is 6.08 Å². The smallest absolute Gasteiger partial charge is 1.00 e. The Labute approximate surface area is 255 Å². The molecule has 3 aromatic rings. The van der Waals surface area contributed by atoms with Gasteiger partial charge in [-0.15, -0.1) is 39.7 Å². The number of hydrogen-bond acceptors (Lipinski definition) is 0. The van der Waals surface area contributed by atoms with E-state index >= 15 is 0 Å². The molecule has 0 radical (unpaired) electrons. The van der Waals surface area contributed by atoms with Crippen molar-refractivity contribution < 1.29 is 49.0 Å². The zero-order valence-corrected chi connectivity index (χ0v) is 30.0. The Bertz CT molecular complexity index is 1170. The van der Waals surface area contributed by atoms with Crippen molar-refractivity contribution in [2.24, 2.45) is 5.92 Å². The minimum atomic E-state index is -1.02. The normalized spacial score (nSPS) is 15.1. The van der Waals surface area contributed by atoms with Crippen LogP contribution in [0.3, 0.4) is 0 Å². The SMILES string of the molecule is CC(C)(C)c1ccc2[cH-]c3ccc(C(C)(C)C)cc3c2c1.CC1[C-]=CC([Si](C)(C)C)=C1.C[C](C)=[Zr+2].[Cl-].[Cl-]. The van der Waals surface area contributed by atoms with E-state index in [1.165, 1.54) is 35.9 Å². The number of rotatable bonds is 1. The van der Waals surface area contributed by atoms with Gasteiger partial charge in [0.15, 0.2) is 0 Å². The minimum absolute atomic E-state index is 0. The fourth-order valence-electron chi connectivity index (χ4n) is 3.98. The second kappa shape index (κ2) is 14.1. The molecule has 0 spiro atoms. The van der Waals surface area contributed by atoms with E-state index in [0.717, 1.165) is 0 Å². The molecule has 37 heavy (non-hydrogen) atoms. The van der Waals surface area contributed by atoms with Gasteiger partial charge in [-0.05, 0) is 18.9 Å². The van der Waals surface area contributed by atoms with Crippen LogP contribution >= 0.6 is 0 Å². The van der Waals surface area contributed by atoms with E-state index in [0.29, 0.717) is 5.92 Å². The maximum atomic E-state index is 3.29. The molecule has 0 heterocycles. The number of benzene rings is 2. The first kappa shape index (κ1) is 36.3. The van der Waals surface area contributed by atoms with Gasteiger partial charge >= 0.3 is 41.3 Å². The first-order valence-electron chi connectivity index (χ1n) is 12.9. The zero-order valence-electron chi connectivity index (χ0n) is 25.0. The average Bonchev–Trinajstić information content (AvgIpc) is 3.29. The quantitative estimate of drug-likeness (QED) is 0.283. The second-order valence-corrected chi connectivity index (χ2v) is 20.8. The molecule has 1 unspecified atom stereocenters. The van der Waals surface area contributed by atoms with Crippen molar-refractivity contribution in [1.82, 2.24) is 0 Å². The molecule has 1 aliphatic rings. The number of hydrogen-bond donors (Lipinski definition) is 0. The third-order valence-electron chi connectivity index (χ3n) is 6.24. The fraction of sp³-hybridized carbons (Fsp3) is 0.455. The summed E-state index contributed by atoms with van der Waals surface area (Å²) in [6.07, 6.45) is 7.81. The molecule has 0 saturated heterocycles. The molecule has 202 valence electrons. The molecule has 4 rings (SSSR count). The monoisotopic (exact) mass is 630 g/mol. The molecule has 4 heteroatoms. The topological polar surface area (TPSA) is 0 Å². The van der Waals surface area contributed by atoms with Crippen LogP contribution in [-0.2, 0) is 35.1 Å². The Kier molecular flexibility index (Phi) is 13.9. The van der Waals surface area contributed by atoms with Gasteiger partial charge in [-0.3, -0.25) is 6.08 Å². The van der Waals surface area contributed by atoms with Crippen LogP contribution in [-0.4, -0.2) is 11.3 Å². The predicted octanol–water partition coefficient (Wildman–Crippen LogP) is 3.86. The maximum absolute atomic E-state index is 3.29. The Morgan fingerprint density at radius 3 is 1.43 bits per heavy atom. The first-order chi connectivity index (χ1) is 15.9. The van der Waals surface area contributed by atoms with Gasteiger partial charge in [-0.1, -0.05) is 109 Å². The van der Waals surface area contributed by atoms with Gasteiger partial charge < -0.3 is 24.8 Å². The molecule has 0 amide bonds. The molecule has 0 N–H and O–H groups in total. The number of allylic oxidation sites excluding steroid dienone is 4. The van der Waals surface area contributed by atoms with Gasteiger partial charge in [0.05, 0.1) is 0 Å². The average molecular weight is 633 g/mol. The van der Waals surface area contributed by atoms with Gasteiger partial charge in [-0.25, -0.2) is 11.3 Å². The van der Waals surface area contributed by atoms with Crippen LogP contribution in [0, 0.1) is 12.0 Å². The Morgan fingerprint density at radius 1 is 0.811 bits per heavy atom. The molecule has 0 nitrogen and oxygen atoms in total. The van der Waals surface area contributed by atoms with E-state index in [1.54, 1.807) is 29.4 Å². The standard InChI is InChI=1S/C21H25.C9H15Si.C3H6.2ClH.Zr/c1-20(2,3)16-9-7-14-11-15-8-10-17(21(4,5)6)13-19(15)18(14)12-16;1-8-5-6-9(7-8)10(2,3)4;1-3-2;;;/h7-13H,1-6H3;6-8H,1-4H3;1-2H3;2*1H;/q2*-1;;;;+2/p-2. The fourth-order valence-corrected chi connectivity index (χ4v) is 5.25. The summed E-state index contributed by atoms with van der Waals surface area (Å²) in [5, 5.41) is 7.04. The Morgan fingerprint density at radius 2 is 1.19 bits per heavy atom. The summed E-state index contributed by atoms with van der Waals surface area (Å²) in [7, 11) is -1.02. The first-order valence-corrected chi connectivity index (χ1v) is 17.6. The number of halogens is 2. The predicted molar refractivity (Wildman–Crippen MR) is 159 cm³/mol. The van der Waals surface area contributed by atoms with Crippen molar-refractivity contribution in [1.29, 1.82) is 0 Å². The zero-order chi connectivity index (χ0) is 26.8. The molecular formula is C33H46Cl2SiZr-2. The summed E-state index contributed by atoms with van der Waals surface area (Å²) in [6.45, 7) is 27.2. The summed E-state index contributed by atoms with van der Waals surface area (Å²) < 4.78 is 1.51. The van der Waals surface area contributed by atoms with Crippen molar-refractivity contribution in [3.8, 4) is 0 Å². The molecule has 1 atom stereocenters. The summed E-state index contributed by atoms with van der Waals surface area (Å²) in [6, 6.07) is 16.1. The number of fused-ring (bicyclic) bond motifs is 3. The van der Waals surface area contributed by atoms with Crippen molar-refractivity contribution in [3.63, 3.8) is 0 Å². The van der Waals surface area contributed by atoms with Gasteiger partial charge in [0, 0.05) is 0 Å². The van der Waals surface area contributed by atoms with Gasteiger partial charge in [0.1, 0.15) is 0 Å². The largest absolute Gasteiger partial charge is 1.00 e. The van der Waals surface area contributed by atoms with Gasteiger partial charge in [0.2, 0.25) is 0 Å². The third-order valence-corrected chi connectivity index (χ3v) is 8.28. The molecular weight excluding hydrogens is 587 g/mol. The second-order valence-electron chi connectivity index (χ2n) is 13.2. The maximum Gasteiger partial charge on any atom is -1.00 e. The van der Waals surface area contributed by atoms with Crippen molar-refractivity contribution >= 4 is 32.8 Å². The van der Waals surface area contributed by atoms with E-state index in [9.17, 15) is 0 Å². The van der Waals surface area contributed by atoms with Crippen LogP contribution in [0.5, 0.6) is 0 Å². The van der Waals surface area contributed by atoms with Gasteiger partial charge in [0.25, 0.3) is 0 Å². The molecule has 0 bridgehead atoms. The van der Waals surface area contributed by atoms with E-state index in [1.807, 2.05) is 0 Å². The van der Waals surface area contributed by atoms with E-state index in [4.69, 9.17) is 0 Å². The molecule has 0 aliphatic heterocycles. The summed E-state index contributed by atoms with van der Waals surface area (Å²) in [5.41, 5.74) is 3.20. The van der Waals surface area contributed by atoms with Crippen molar-refractivity contribution in [3.05, 3.63) is 77.0 Å². The van der Waals surface area contributed by atoms with Crippen LogP contribution in [0.25, 0.3) is 21.5 Å². The van der Waals surface area contributed by atoms with Crippen LogP contribution in [0.1, 0.15) is 73.4 Å². The molecule has 0 fully saturated rings. The van der Waals surface area contributed by atoms with Crippen LogP contribution in [0.2, 0.25) is 19.6 Å². The molecule has 3 aromatic carbocycles. The van der Waals surface area contributed by atoms with Crippen LogP contribution < -0.4 is 24.8 Å². The van der Waals surface area contributed by atoms with E-state index in [-0.39, 0.29) is 35.6 Å². The summed E-state index contributed by atoms with van der Waals surface area (Å²) >= 11 is 1.55. The third kappa shape index (κ3) is 10.8. The van der Waals surface area contributed by atoms with Crippen LogP contribution in [0.15, 0.2) is 59.8 Å². The Balaban J connectivity index is 0.000000684. The molecule has 0 saturated carbocycles.